The van der Waals surface area contributed by atoms with Gasteiger partial charge in [-0.05, 0) is 35.1 Å². The molecule has 1 amide bonds. The topological polar surface area (TPSA) is 71.4 Å². The van der Waals surface area contributed by atoms with E-state index in [1.165, 1.54) is 5.56 Å². The van der Waals surface area contributed by atoms with Gasteiger partial charge in [-0.2, -0.15) is 5.10 Å². The minimum Gasteiger partial charge on any atom is -0.463 e. The number of fused-ring (bicyclic) bond motifs is 1. The third-order valence-electron chi connectivity index (χ3n) is 5.46. The lowest BCUT2D eigenvalue weighted by atomic mass is 9.85. The lowest BCUT2D eigenvalue weighted by Crippen LogP contribution is -2.31. The van der Waals surface area contributed by atoms with Gasteiger partial charge in [-0.1, -0.05) is 45.0 Å². The number of rotatable bonds is 6. The molecule has 4 rings (SSSR count). The quantitative estimate of drug-likeness (QED) is 0.624. The average molecular weight is 393 g/mol. The van der Waals surface area contributed by atoms with E-state index in [9.17, 15) is 4.79 Å². The summed E-state index contributed by atoms with van der Waals surface area (Å²) in [5, 5.41) is 7.35. The largest absolute Gasteiger partial charge is 0.463 e. The summed E-state index contributed by atoms with van der Waals surface area (Å²) in [6, 6.07) is 12.1. The van der Waals surface area contributed by atoms with Gasteiger partial charge in [0, 0.05) is 25.8 Å². The highest BCUT2D eigenvalue weighted by atomic mass is 16.5. The molecule has 6 heteroatoms. The number of amides is 1. The second-order valence-electron chi connectivity index (χ2n) is 8.46. The number of hydrogen-bond donors (Lipinski definition) is 1. The van der Waals surface area contributed by atoms with E-state index < -0.39 is 0 Å². The van der Waals surface area contributed by atoms with Gasteiger partial charge in [0.2, 0.25) is 0 Å². The number of aromatic amines is 1. The summed E-state index contributed by atoms with van der Waals surface area (Å²) in [5.41, 5.74) is 4.51. The second kappa shape index (κ2) is 7.52. The van der Waals surface area contributed by atoms with Crippen LogP contribution in [-0.4, -0.2) is 41.3 Å². The number of furan rings is 1. The molecule has 1 N–H and O–H groups in total. The van der Waals surface area contributed by atoms with Crippen molar-refractivity contribution in [2.24, 2.45) is 0 Å². The van der Waals surface area contributed by atoms with E-state index in [0.29, 0.717) is 24.6 Å². The van der Waals surface area contributed by atoms with Crippen LogP contribution in [0, 0.1) is 0 Å². The number of hydrogen-bond acceptors (Lipinski definition) is 4. The van der Waals surface area contributed by atoms with Crippen molar-refractivity contribution in [2.75, 3.05) is 20.3 Å². The van der Waals surface area contributed by atoms with E-state index in [1.807, 2.05) is 17.0 Å². The highest BCUT2D eigenvalue weighted by Gasteiger charge is 2.42. The van der Waals surface area contributed by atoms with Crippen LogP contribution in [0.3, 0.4) is 0 Å². The van der Waals surface area contributed by atoms with Gasteiger partial charge in [0.05, 0.1) is 12.3 Å². The molecular formula is C23H27N3O3. The Morgan fingerprint density at radius 2 is 1.97 bits per heavy atom. The van der Waals surface area contributed by atoms with Gasteiger partial charge >= 0.3 is 0 Å². The number of benzene rings is 1. The van der Waals surface area contributed by atoms with Crippen molar-refractivity contribution in [2.45, 2.75) is 38.6 Å². The van der Waals surface area contributed by atoms with Crippen LogP contribution in [0.15, 0.2) is 47.1 Å². The summed E-state index contributed by atoms with van der Waals surface area (Å²) < 4.78 is 10.8. The maximum absolute atomic E-state index is 13.2. The van der Waals surface area contributed by atoms with Crippen molar-refractivity contribution in [3.05, 3.63) is 65.0 Å². The number of ether oxygens (including phenoxy) is 1. The Hall–Kier alpha value is -2.86. The highest BCUT2D eigenvalue weighted by Crippen LogP contribution is 2.43. The van der Waals surface area contributed by atoms with Crippen molar-refractivity contribution >= 4 is 5.91 Å². The summed E-state index contributed by atoms with van der Waals surface area (Å²) in [7, 11) is 1.68. The third kappa shape index (κ3) is 3.49. The minimum atomic E-state index is -0.206. The first-order chi connectivity index (χ1) is 13.9. The number of nitrogens with one attached hydrogen (secondary N) is 1. The molecule has 1 aromatic carbocycles. The van der Waals surface area contributed by atoms with E-state index in [0.717, 1.165) is 23.2 Å². The molecular weight excluding hydrogens is 366 g/mol. The standard InChI is InChI=1S/C23H27N3O3/c1-23(2,3)16-10-8-15(9-11-16)21-18-19(17-7-5-14-29-17)24-25-20(18)22(27)26(21)12-6-13-28-4/h5,7-11,14,21H,6,12-13H2,1-4H3,(H,24,25). The molecule has 0 spiro atoms. The van der Waals surface area contributed by atoms with Gasteiger partial charge in [0.25, 0.3) is 5.91 Å². The monoisotopic (exact) mass is 393 g/mol. The SMILES string of the molecule is COCCCN1C(=O)c2n[nH]c(-c3ccco3)c2C1c1ccc(C(C)(C)C)cc1. The maximum atomic E-state index is 13.2. The number of H-pyrrole nitrogens is 1. The van der Waals surface area contributed by atoms with Crippen molar-refractivity contribution in [1.82, 2.24) is 15.1 Å². The predicted molar refractivity (Wildman–Crippen MR) is 111 cm³/mol. The van der Waals surface area contributed by atoms with Gasteiger partial charge in [-0.25, -0.2) is 0 Å². The molecule has 2 aromatic heterocycles. The third-order valence-corrected chi connectivity index (χ3v) is 5.46. The Balaban J connectivity index is 1.78. The van der Waals surface area contributed by atoms with Crippen molar-refractivity contribution in [3.8, 4) is 11.5 Å². The molecule has 0 saturated heterocycles. The number of methoxy groups -OCH3 is 1. The Bertz CT molecular complexity index is 982. The molecule has 1 atom stereocenters. The van der Waals surface area contributed by atoms with Gasteiger partial charge in [0.1, 0.15) is 5.69 Å². The number of nitrogens with zero attached hydrogens (tertiary/aromatic N) is 2. The smallest absolute Gasteiger partial charge is 0.275 e. The first-order valence-corrected chi connectivity index (χ1v) is 9.94. The fourth-order valence-electron chi connectivity index (χ4n) is 3.92. The lowest BCUT2D eigenvalue weighted by Gasteiger charge is -2.27. The van der Waals surface area contributed by atoms with E-state index in [2.05, 4.69) is 55.2 Å². The first-order valence-electron chi connectivity index (χ1n) is 9.94. The summed E-state index contributed by atoms with van der Waals surface area (Å²) in [4.78, 5) is 15.0. The van der Waals surface area contributed by atoms with Crippen molar-refractivity contribution in [1.29, 1.82) is 0 Å². The number of carbonyl (C=O) groups is 1. The van der Waals surface area contributed by atoms with Crippen LogP contribution < -0.4 is 0 Å². The van der Waals surface area contributed by atoms with Gasteiger partial charge in [-0.15, -0.1) is 0 Å². The molecule has 0 saturated carbocycles. The van der Waals surface area contributed by atoms with Crippen molar-refractivity contribution in [3.63, 3.8) is 0 Å². The molecule has 29 heavy (non-hydrogen) atoms. The van der Waals surface area contributed by atoms with Crippen molar-refractivity contribution < 1.29 is 13.9 Å². The molecule has 3 aromatic rings. The molecule has 152 valence electrons. The molecule has 0 aliphatic carbocycles. The minimum absolute atomic E-state index is 0.0601. The summed E-state index contributed by atoms with van der Waals surface area (Å²) in [6.07, 6.45) is 2.39. The van der Waals surface area contributed by atoms with Crippen LogP contribution in [0.25, 0.3) is 11.5 Å². The fourth-order valence-corrected chi connectivity index (χ4v) is 3.92. The van der Waals surface area contributed by atoms with E-state index in [4.69, 9.17) is 9.15 Å². The Morgan fingerprint density at radius 1 is 1.21 bits per heavy atom. The Kier molecular flexibility index (Phi) is 5.04. The number of carbonyl (C=O) groups excluding carboxylic acids is 1. The maximum Gasteiger partial charge on any atom is 0.275 e. The Morgan fingerprint density at radius 3 is 2.59 bits per heavy atom. The summed E-state index contributed by atoms with van der Waals surface area (Å²) in [6.45, 7) is 7.80. The molecule has 0 bridgehead atoms. The van der Waals surface area contributed by atoms with Crippen LogP contribution in [0.5, 0.6) is 0 Å². The number of aromatic nitrogens is 2. The fraction of sp³-hybridized carbons (Fsp3) is 0.391. The van der Waals surface area contributed by atoms with E-state index in [1.54, 1.807) is 13.4 Å². The van der Waals surface area contributed by atoms with Gasteiger partial charge in [-0.3, -0.25) is 9.89 Å². The molecule has 0 radical (unpaired) electrons. The van der Waals surface area contributed by atoms with Crippen LogP contribution >= 0.6 is 0 Å². The Labute approximate surface area is 170 Å². The first kappa shape index (κ1) is 19.5. The van der Waals surface area contributed by atoms with Crippen LogP contribution in [-0.2, 0) is 10.2 Å². The molecule has 1 unspecified atom stereocenters. The zero-order valence-corrected chi connectivity index (χ0v) is 17.4. The van der Waals surface area contributed by atoms with Crippen LogP contribution in [0.2, 0.25) is 0 Å². The zero-order valence-electron chi connectivity index (χ0n) is 17.4. The van der Waals surface area contributed by atoms with E-state index >= 15 is 0 Å². The van der Waals surface area contributed by atoms with Gasteiger partial charge in [0.15, 0.2) is 11.5 Å². The molecule has 0 fully saturated rings. The molecule has 6 nitrogen and oxygen atoms in total. The second-order valence-corrected chi connectivity index (χ2v) is 8.46. The van der Waals surface area contributed by atoms with E-state index in [-0.39, 0.29) is 17.4 Å². The van der Waals surface area contributed by atoms with Gasteiger partial charge < -0.3 is 14.1 Å². The zero-order chi connectivity index (χ0) is 20.6. The molecule has 1 aliphatic rings. The normalized spacial score (nSPS) is 16.5. The predicted octanol–water partition coefficient (Wildman–Crippen LogP) is 4.55. The average Bonchev–Trinajstić information content (AvgIpc) is 3.40. The lowest BCUT2D eigenvalue weighted by molar-refractivity contribution is 0.0723. The summed E-state index contributed by atoms with van der Waals surface area (Å²) in [5.74, 6) is 0.622. The van der Waals surface area contributed by atoms with Crippen LogP contribution in [0.1, 0.15) is 60.4 Å². The summed E-state index contributed by atoms with van der Waals surface area (Å²) >= 11 is 0. The molecule has 3 heterocycles. The highest BCUT2D eigenvalue weighted by molar-refractivity contribution is 5.99. The molecule has 1 aliphatic heterocycles. The van der Waals surface area contributed by atoms with Crippen LogP contribution in [0.4, 0.5) is 0 Å².